The Morgan fingerprint density at radius 1 is 0.974 bits per heavy atom. The minimum atomic E-state index is -3.68. The molecule has 9 nitrogen and oxygen atoms in total. The highest BCUT2D eigenvalue weighted by Crippen LogP contribution is 2.37. The zero-order chi connectivity index (χ0) is 27.0. The fourth-order valence-corrected chi connectivity index (χ4v) is 8.92. The number of nitrogens with zero attached hydrogens (tertiary/aromatic N) is 4. The van der Waals surface area contributed by atoms with Crippen molar-refractivity contribution < 1.29 is 22.7 Å². The Morgan fingerprint density at radius 3 is 2.13 bits per heavy atom. The van der Waals surface area contributed by atoms with Crippen LogP contribution in [0.3, 0.4) is 0 Å². The number of piperazine rings is 1. The highest BCUT2D eigenvalue weighted by molar-refractivity contribution is 7.89. The van der Waals surface area contributed by atoms with Gasteiger partial charge in [0.2, 0.25) is 15.9 Å². The smallest absolute Gasteiger partial charge is 0.248 e. The van der Waals surface area contributed by atoms with Gasteiger partial charge < -0.3 is 19.3 Å². The maximum absolute atomic E-state index is 13.6. The van der Waals surface area contributed by atoms with Crippen molar-refractivity contribution in [1.82, 2.24) is 19.0 Å². The van der Waals surface area contributed by atoms with Crippen molar-refractivity contribution >= 4 is 15.9 Å². The molecule has 4 fully saturated rings. The van der Waals surface area contributed by atoms with Gasteiger partial charge in [-0.3, -0.25) is 9.69 Å². The Balaban J connectivity index is 1.09. The molecule has 0 aromatic heterocycles. The highest BCUT2D eigenvalue weighted by atomic mass is 32.2. The summed E-state index contributed by atoms with van der Waals surface area (Å²) in [6, 6.07) is 5.62. The lowest BCUT2D eigenvalue weighted by atomic mass is 9.96. The Hall–Kier alpha value is -1.72. The monoisotopic (exact) mass is 548 g/mol. The number of fused-ring (bicyclic) bond motifs is 2. The third-order valence-electron chi connectivity index (χ3n) is 9.13. The van der Waals surface area contributed by atoms with Gasteiger partial charge in [-0.1, -0.05) is 0 Å². The van der Waals surface area contributed by atoms with E-state index in [0.29, 0.717) is 27.8 Å². The number of hydrogen-bond donors (Lipinski definition) is 0. The third-order valence-corrected chi connectivity index (χ3v) is 11.4. The van der Waals surface area contributed by atoms with Crippen molar-refractivity contribution in [1.29, 1.82) is 0 Å². The molecule has 1 aliphatic carbocycles. The summed E-state index contributed by atoms with van der Waals surface area (Å²) in [5, 5.41) is 0. The molecule has 4 aliphatic rings. The van der Waals surface area contributed by atoms with Gasteiger partial charge in [-0.2, -0.15) is 4.31 Å². The van der Waals surface area contributed by atoms with Crippen molar-refractivity contribution in [3.63, 3.8) is 0 Å². The summed E-state index contributed by atoms with van der Waals surface area (Å²) < 4.78 is 39.8. The van der Waals surface area contributed by atoms with E-state index in [0.717, 1.165) is 51.1 Å². The van der Waals surface area contributed by atoms with E-state index in [4.69, 9.17) is 9.47 Å². The molecule has 2 unspecified atom stereocenters. The first-order chi connectivity index (χ1) is 18.2. The van der Waals surface area contributed by atoms with Gasteiger partial charge in [0, 0.05) is 56.9 Å². The minimum Gasteiger partial charge on any atom is -0.497 e. The third kappa shape index (κ3) is 5.75. The van der Waals surface area contributed by atoms with Gasteiger partial charge in [-0.15, -0.1) is 0 Å². The van der Waals surface area contributed by atoms with Crippen molar-refractivity contribution in [3.8, 4) is 5.75 Å². The zero-order valence-corrected chi connectivity index (χ0v) is 24.2. The second kappa shape index (κ2) is 11.4. The normalized spacial score (nSPS) is 26.8. The maximum atomic E-state index is 13.6. The SMILES string of the molecule is COc1cc(C)c(S(=O)(=O)N(CCOCC(=O)N2CCN(C3CC4CCC(C3)N4C)CC2)C2CC2)c(C)c1. The second-order valence-electron chi connectivity index (χ2n) is 11.6. The van der Waals surface area contributed by atoms with E-state index in [1.54, 1.807) is 37.4 Å². The number of aryl methyl sites for hydroxylation is 2. The molecule has 0 spiro atoms. The molecule has 1 aromatic carbocycles. The first kappa shape index (κ1) is 27.8. The molecule has 2 bridgehead atoms. The molecule has 1 saturated carbocycles. The lowest BCUT2D eigenvalue weighted by Gasteiger charge is -2.45. The Morgan fingerprint density at radius 2 is 1.58 bits per heavy atom. The molecule has 3 aliphatic heterocycles. The van der Waals surface area contributed by atoms with Crippen molar-refractivity contribution in [2.45, 2.75) is 81.4 Å². The molecule has 212 valence electrons. The van der Waals surface area contributed by atoms with Gasteiger partial charge in [0.1, 0.15) is 12.4 Å². The van der Waals surface area contributed by atoms with E-state index in [-0.39, 0.29) is 31.7 Å². The lowest BCUT2D eigenvalue weighted by Crippen LogP contribution is -2.56. The van der Waals surface area contributed by atoms with Gasteiger partial charge in [0.25, 0.3) is 0 Å². The molecule has 3 saturated heterocycles. The Bertz CT molecular complexity index is 1080. The molecule has 10 heteroatoms. The van der Waals surface area contributed by atoms with Crippen LogP contribution in [0.15, 0.2) is 17.0 Å². The van der Waals surface area contributed by atoms with E-state index < -0.39 is 10.0 Å². The van der Waals surface area contributed by atoms with Crippen molar-refractivity contribution in [2.24, 2.45) is 0 Å². The first-order valence-corrected chi connectivity index (χ1v) is 15.6. The molecule has 3 heterocycles. The Kier molecular flexibility index (Phi) is 8.36. The summed E-state index contributed by atoms with van der Waals surface area (Å²) in [6.07, 6.45) is 6.86. The van der Waals surface area contributed by atoms with Crippen LogP contribution < -0.4 is 4.74 Å². The van der Waals surface area contributed by atoms with Crippen LogP contribution in [0.1, 0.15) is 49.7 Å². The molecule has 1 aromatic rings. The highest BCUT2D eigenvalue weighted by Gasteiger charge is 2.41. The molecule has 38 heavy (non-hydrogen) atoms. The molecule has 0 N–H and O–H groups in total. The average Bonchev–Trinajstić information content (AvgIpc) is 3.70. The van der Waals surface area contributed by atoms with Crippen LogP contribution in [-0.4, -0.2) is 118 Å². The van der Waals surface area contributed by atoms with E-state index in [1.165, 1.54) is 25.7 Å². The fraction of sp³-hybridized carbons (Fsp3) is 0.750. The van der Waals surface area contributed by atoms with Crippen LogP contribution in [0, 0.1) is 13.8 Å². The zero-order valence-electron chi connectivity index (χ0n) is 23.4. The van der Waals surface area contributed by atoms with Gasteiger partial charge >= 0.3 is 0 Å². The van der Waals surface area contributed by atoms with Crippen molar-refractivity contribution in [3.05, 3.63) is 23.3 Å². The quantitative estimate of drug-likeness (QED) is 0.415. The standard InChI is InChI=1S/C28H44N4O5S/c1-20-15-26(36-4)16-21(2)28(20)38(34,35)32(22-5-6-22)13-14-37-19-27(33)31-11-9-30(10-12-31)25-17-23-7-8-24(18-25)29(23)3/h15-16,22-25H,5-14,17-19H2,1-4H3. The first-order valence-electron chi connectivity index (χ1n) is 14.2. The van der Waals surface area contributed by atoms with Crippen LogP contribution in [0.2, 0.25) is 0 Å². The molecule has 1 amide bonds. The predicted molar refractivity (Wildman–Crippen MR) is 146 cm³/mol. The number of carbonyl (C=O) groups excluding carboxylic acids is 1. The predicted octanol–water partition coefficient (Wildman–Crippen LogP) is 2.25. The van der Waals surface area contributed by atoms with E-state index in [2.05, 4.69) is 16.8 Å². The van der Waals surface area contributed by atoms with Gasteiger partial charge in [0.15, 0.2) is 0 Å². The van der Waals surface area contributed by atoms with Gasteiger partial charge in [-0.05, 0) is 82.7 Å². The fourth-order valence-electron chi connectivity index (χ4n) is 6.84. The second-order valence-corrected chi connectivity index (χ2v) is 13.4. The van der Waals surface area contributed by atoms with E-state index >= 15 is 0 Å². The van der Waals surface area contributed by atoms with E-state index in [1.807, 2.05) is 4.90 Å². The van der Waals surface area contributed by atoms with Gasteiger partial charge in [-0.25, -0.2) is 8.42 Å². The largest absolute Gasteiger partial charge is 0.497 e. The molecule has 5 rings (SSSR count). The van der Waals surface area contributed by atoms with Crippen molar-refractivity contribution in [2.75, 3.05) is 60.1 Å². The number of sulfonamides is 1. The minimum absolute atomic E-state index is 0.00246. The number of amides is 1. The summed E-state index contributed by atoms with van der Waals surface area (Å²) in [5.74, 6) is 0.647. The summed E-state index contributed by atoms with van der Waals surface area (Å²) in [5.41, 5.74) is 1.35. The Labute approximate surface area is 228 Å². The number of rotatable bonds is 10. The molecule has 0 radical (unpaired) electrons. The lowest BCUT2D eigenvalue weighted by molar-refractivity contribution is -0.138. The summed E-state index contributed by atoms with van der Waals surface area (Å²) in [6.45, 7) is 7.38. The number of hydrogen-bond acceptors (Lipinski definition) is 7. The molecular weight excluding hydrogens is 504 g/mol. The van der Waals surface area contributed by atoms with Crippen LogP contribution >= 0.6 is 0 Å². The number of methoxy groups -OCH3 is 1. The van der Waals surface area contributed by atoms with Crippen LogP contribution in [0.5, 0.6) is 5.75 Å². The van der Waals surface area contributed by atoms with E-state index in [9.17, 15) is 13.2 Å². The summed E-state index contributed by atoms with van der Waals surface area (Å²) >= 11 is 0. The number of ether oxygens (including phenoxy) is 2. The molecule has 2 atom stereocenters. The average molecular weight is 549 g/mol. The van der Waals surface area contributed by atoms with Gasteiger partial charge in [0.05, 0.1) is 18.6 Å². The van der Waals surface area contributed by atoms with Crippen LogP contribution in [0.4, 0.5) is 0 Å². The number of piperidine rings is 1. The van der Waals surface area contributed by atoms with Crippen LogP contribution in [-0.2, 0) is 19.6 Å². The summed E-state index contributed by atoms with van der Waals surface area (Å²) in [7, 11) is 0.178. The maximum Gasteiger partial charge on any atom is 0.248 e. The van der Waals surface area contributed by atoms with Crippen LogP contribution in [0.25, 0.3) is 0 Å². The number of benzene rings is 1. The summed E-state index contributed by atoms with van der Waals surface area (Å²) in [4.78, 5) is 20.2. The number of carbonyl (C=O) groups is 1. The topological polar surface area (TPSA) is 82.6 Å². The molecular formula is C28H44N4O5S.